The molecule has 1 aromatic heterocycles. The Bertz CT molecular complexity index is 884. The Balaban J connectivity index is 1.93. The fraction of sp³-hybridized carbons (Fsp3) is 0.0556. The molecule has 3 aromatic rings. The molecule has 3 N–H and O–H groups in total. The smallest absolute Gasteiger partial charge is 0.341 e. The number of carbonyl (C=O) groups is 1. The molecule has 0 atom stereocenters. The van der Waals surface area contributed by atoms with Gasteiger partial charge in [-0.25, -0.2) is 9.78 Å². The monoisotopic (exact) mass is 336 g/mol. The molecule has 3 rings (SSSR count). The maximum Gasteiger partial charge on any atom is 0.341 e. The Morgan fingerprint density at radius 2 is 1.76 bits per heavy atom. The summed E-state index contributed by atoms with van der Waals surface area (Å²) in [5, 5.41) is 15.4. The third kappa shape index (κ3) is 3.84. The molecule has 126 valence electrons. The number of hydrogen-bond donors (Lipinski definition) is 3. The van der Waals surface area contributed by atoms with Crippen LogP contribution in [0.25, 0.3) is 0 Å². The summed E-state index contributed by atoms with van der Waals surface area (Å²) in [6.45, 7) is 0. The molecule has 0 saturated carbocycles. The van der Waals surface area contributed by atoms with E-state index in [9.17, 15) is 9.90 Å². The standard InChI is InChI=1S/C18H16N4O3/c1-25-15-10-6-5-9-14(15)21-18-19-11-13(17(23)24)16(22-18)20-12-7-3-2-4-8-12/h2-11H,1H3,(H,23,24)(H2,19,20,21,22). The number of aromatic carboxylic acids is 1. The van der Waals surface area contributed by atoms with Crippen LogP contribution in [0.3, 0.4) is 0 Å². The van der Waals surface area contributed by atoms with Crippen LogP contribution in [0.2, 0.25) is 0 Å². The molecule has 7 nitrogen and oxygen atoms in total. The van der Waals surface area contributed by atoms with Crippen molar-refractivity contribution < 1.29 is 14.6 Å². The molecule has 0 spiro atoms. The Morgan fingerprint density at radius 3 is 2.48 bits per heavy atom. The zero-order chi connectivity index (χ0) is 17.6. The minimum Gasteiger partial charge on any atom is -0.495 e. The summed E-state index contributed by atoms with van der Waals surface area (Å²) in [6.07, 6.45) is 1.26. The van der Waals surface area contributed by atoms with Gasteiger partial charge in [-0.15, -0.1) is 0 Å². The second kappa shape index (κ2) is 7.31. The van der Waals surface area contributed by atoms with Crippen molar-refractivity contribution in [1.82, 2.24) is 9.97 Å². The first-order valence-electron chi connectivity index (χ1n) is 7.50. The second-order valence-corrected chi connectivity index (χ2v) is 5.08. The highest BCUT2D eigenvalue weighted by molar-refractivity contribution is 5.94. The van der Waals surface area contributed by atoms with Gasteiger partial charge in [-0.2, -0.15) is 4.98 Å². The molecular formula is C18H16N4O3. The first kappa shape index (κ1) is 16.3. The van der Waals surface area contributed by atoms with Crippen LogP contribution >= 0.6 is 0 Å². The number of anilines is 4. The molecule has 7 heteroatoms. The number of rotatable bonds is 6. The summed E-state index contributed by atoms with van der Waals surface area (Å²) >= 11 is 0. The van der Waals surface area contributed by atoms with E-state index in [-0.39, 0.29) is 17.3 Å². The third-order valence-electron chi connectivity index (χ3n) is 3.41. The van der Waals surface area contributed by atoms with Gasteiger partial charge >= 0.3 is 5.97 Å². The second-order valence-electron chi connectivity index (χ2n) is 5.08. The number of carboxylic acids is 1. The number of nitrogens with one attached hydrogen (secondary N) is 2. The van der Waals surface area contributed by atoms with E-state index in [2.05, 4.69) is 20.6 Å². The maximum absolute atomic E-state index is 11.4. The van der Waals surface area contributed by atoms with E-state index in [4.69, 9.17) is 4.74 Å². The summed E-state index contributed by atoms with van der Waals surface area (Å²) in [7, 11) is 1.57. The van der Waals surface area contributed by atoms with Gasteiger partial charge in [-0.1, -0.05) is 30.3 Å². The van der Waals surface area contributed by atoms with Crippen molar-refractivity contribution in [3.63, 3.8) is 0 Å². The summed E-state index contributed by atoms with van der Waals surface area (Å²) in [4.78, 5) is 19.8. The molecule has 0 bridgehead atoms. The Morgan fingerprint density at radius 1 is 1.04 bits per heavy atom. The van der Waals surface area contributed by atoms with Gasteiger partial charge in [0.15, 0.2) is 5.82 Å². The molecular weight excluding hydrogens is 320 g/mol. The Labute approximate surface area is 144 Å². The lowest BCUT2D eigenvalue weighted by Gasteiger charge is -2.12. The van der Waals surface area contributed by atoms with Gasteiger partial charge in [-0.05, 0) is 24.3 Å². The van der Waals surface area contributed by atoms with Crippen LogP contribution in [0.15, 0.2) is 60.8 Å². The topological polar surface area (TPSA) is 96.4 Å². The van der Waals surface area contributed by atoms with Crippen molar-refractivity contribution in [1.29, 1.82) is 0 Å². The highest BCUT2D eigenvalue weighted by Crippen LogP contribution is 2.27. The van der Waals surface area contributed by atoms with Gasteiger partial charge in [0, 0.05) is 11.9 Å². The van der Waals surface area contributed by atoms with Crippen LogP contribution in [0.1, 0.15) is 10.4 Å². The van der Waals surface area contributed by atoms with Crippen molar-refractivity contribution in [2.45, 2.75) is 0 Å². The van der Waals surface area contributed by atoms with Crippen molar-refractivity contribution in [3.8, 4) is 5.75 Å². The fourth-order valence-electron chi connectivity index (χ4n) is 2.22. The Kier molecular flexibility index (Phi) is 4.75. The third-order valence-corrected chi connectivity index (χ3v) is 3.41. The molecule has 1 heterocycles. The molecule has 0 aliphatic rings. The van der Waals surface area contributed by atoms with Crippen LogP contribution in [0.4, 0.5) is 23.1 Å². The average Bonchev–Trinajstić information content (AvgIpc) is 2.63. The van der Waals surface area contributed by atoms with E-state index in [1.807, 2.05) is 48.5 Å². The summed E-state index contributed by atoms with van der Waals surface area (Å²) < 4.78 is 5.28. The SMILES string of the molecule is COc1ccccc1Nc1ncc(C(=O)O)c(Nc2ccccc2)n1. The molecule has 0 saturated heterocycles. The summed E-state index contributed by atoms with van der Waals surface area (Å²) in [6, 6.07) is 16.5. The minimum atomic E-state index is -1.11. The Hall–Kier alpha value is -3.61. The number of nitrogens with zero attached hydrogens (tertiary/aromatic N) is 2. The molecule has 0 amide bonds. The highest BCUT2D eigenvalue weighted by Gasteiger charge is 2.14. The van der Waals surface area contributed by atoms with E-state index in [1.165, 1.54) is 6.20 Å². The molecule has 2 aromatic carbocycles. The largest absolute Gasteiger partial charge is 0.495 e. The van der Waals surface area contributed by atoms with Crippen LogP contribution in [0, 0.1) is 0 Å². The van der Waals surface area contributed by atoms with E-state index < -0.39 is 5.97 Å². The number of methoxy groups -OCH3 is 1. The lowest BCUT2D eigenvalue weighted by Crippen LogP contribution is -2.08. The maximum atomic E-state index is 11.4. The van der Waals surface area contributed by atoms with E-state index in [1.54, 1.807) is 13.2 Å². The van der Waals surface area contributed by atoms with E-state index >= 15 is 0 Å². The molecule has 0 aliphatic heterocycles. The number of benzene rings is 2. The van der Waals surface area contributed by atoms with Crippen molar-refractivity contribution in [3.05, 3.63) is 66.4 Å². The number of para-hydroxylation sites is 3. The molecule has 0 unspecified atom stereocenters. The van der Waals surface area contributed by atoms with Gasteiger partial charge in [0.1, 0.15) is 11.3 Å². The number of ether oxygens (including phenoxy) is 1. The zero-order valence-electron chi connectivity index (χ0n) is 13.4. The average molecular weight is 336 g/mol. The number of hydrogen-bond acceptors (Lipinski definition) is 6. The van der Waals surface area contributed by atoms with Gasteiger partial charge < -0.3 is 20.5 Å². The molecule has 0 radical (unpaired) electrons. The summed E-state index contributed by atoms with van der Waals surface area (Å²) in [5.41, 5.74) is 1.39. The van der Waals surface area contributed by atoms with Crippen LogP contribution in [-0.2, 0) is 0 Å². The minimum absolute atomic E-state index is 0.0190. The lowest BCUT2D eigenvalue weighted by molar-refractivity contribution is 0.0697. The zero-order valence-corrected chi connectivity index (χ0v) is 13.4. The van der Waals surface area contributed by atoms with Crippen molar-refractivity contribution >= 4 is 29.1 Å². The van der Waals surface area contributed by atoms with Crippen LogP contribution in [-0.4, -0.2) is 28.2 Å². The quantitative estimate of drug-likeness (QED) is 0.632. The van der Waals surface area contributed by atoms with E-state index in [0.29, 0.717) is 11.4 Å². The fourth-order valence-corrected chi connectivity index (χ4v) is 2.22. The first-order valence-corrected chi connectivity index (χ1v) is 7.50. The molecule has 25 heavy (non-hydrogen) atoms. The summed E-state index contributed by atoms with van der Waals surface area (Å²) in [5.74, 6) is -0.0210. The van der Waals surface area contributed by atoms with Crippen LogP contribution < -0.4 is 15.4 Å². The van der Waals surface area contributed by atoms with Gasteiger partial charge in [0.05, 0.1) is 12.8 Å². The normalized spacial score (nSPS) is 10.1. The number of aromatic nitrogens is 2. The van der Waals surface area contributed by atoms with E-state index in [0.717, 1.165) is 5.69 Å². The van der Waals surface area contributed by atoms with Crippen molar-refractivity contribution in [2.75, 3.05) is 17.7 Å². The van der Waals surface area contributed by atoms with Gasteiger partial charge in [0.2, 0.25) is 5.95 Å². The first-order chi connectivity index (χ1) is 12.2. The highest BCUT2D eigenvalue weighted by atomic mass is 16.5. The van der Waals surface area contributed by atoms with Crippen molar-refractivity contribution in [2.24, 2.45) is 0 Å². The van der Waals surface area contributed by atoms with Gasteiger partial charge in [0.25, 0.3) is 0 Å². The van der Waals surface area contributed by atoms with Crippen LogP contribution in [0.5, 0.6) is 5.75 Å². The number of carboxylic acid groups (broad SMARTS) is 1. The predicted octanol–water partition coefficient (Wildman–Crippen LogP) is 3.67. The van der Waals surface area contributed by atoms with Gasteiger partial charge in [-0.3, -0.25) is 0 Å². The molecule has 0 aliphatic carbocycles. The lowest BCUT2D eigenvalue weighted by atomic mass is 10.2. The predicted molar refractivity (Wildman–Crippen MR) is 95.0 cm³/mol. The molecule has 0 fully saturated rings.